The van der Waals surface area contributed by atoms with Gasteiger partial charge >= 0.3 is 5.97 Å². The molecule has 0 aliphatic carbocycles. The zero-order valence-electron chi connectivity index (χ0n) is 11.5. The van der Waals surface area contributed by atoms with E-state index < -0.39 is 11.7 Å². The van der Waals surface area contributed by atoms with Crippen molar-refractivity contribution >= 4 is 11.9 Å². The van der Waals surface area contributed by atoms with Crippen LogP contribution in [0.15, 0.2) is 5.18 Å². The molecule has 0 radical (unpaired) electrons. The SMILES string of the molecule is CC(=O)N(CC(=O)OC1(N=O)CCOCC1)C(C)C. The van der Waals surface area contributed by atoms with Crippen LogP contribution in [-0.2, 0) is 19.1 Å². The van der Waals surface area contributed by atoms with E-state index in [1.165, 1.54) is 11.8 Å². The van der Waals surface area contributed by atoms with Gasteiger partial charge in [0.1, 0.15) is 6.54 Å². The summed E-state index contributed by atoms with van der Waals surface area (Å²) in [6.45, 7) is 5.48. The molecule has 0 aromatic heterocycles. The van der Waals surface area contributed by atoms with Crippen LogP contribution in [0.2, 0.25) is 0 Å². The highest BCUT2D eigenvalue weighted by Crippen LogP contribution is 2.26. The van der Waals surface area contributed by atoms with Crippen molar-refractivity contribution in [2.45, 2.75) is 45.4 Å². The predicted molar refractivity (Wildman–Crippen MR) is 67.2 cm³/mol. The molecule has 0 spiro atoms. The van der Waals surface area contributed by atoms with Gasteiger partial charge in [-0.3, -0.25) is 9.59 Å². The lowest BCUT2D eigenvalue weighted by molar-refractivity contribution is -0.171. The minimum atomic E-state index is -1.34. The second-order valence-corrected chi connectivity index (χ2v) is 4.86. The molecule has 0 atom stereocenters. The predicted octanol–water partition coefficient (Wildman–Crippen LogP) is 1.06. The number of nitroso groups, excluding NO2 is 1. The number of rotatable bonds is 5. The molecule has 7 nitrogen and oxygen atoms in total. The Labute approximate surface area is 112 Å². The van der Waals surface area contributed by atoms with Crippen molar-refractivity contribution in [3.05, 3.63) is 4.91 Å². The Bertz CT molecular complexity index is 350. The molecule has 1 saturated heterocycles. The summed E-state index contributed by atoms with van der Waals surface area (Å²) in [5, 5.41) is 2.94. The van der Waals surface area contributed by atoms with Crippen molar-refractivity contribution in [1.29, 1.82) is 0 Å². The number of esters is 1. The highest BCUT2D eigenvalue weighted by molar-refractivity contribution is 5.80. The Balaban J connectivity index is 2.62. The monoisotopic (exact) mass is 272 g/mol. The second-order valence-electron chi connectivity index (χ2n) is 4.86. The van der Waals surface area contributed by atoms with Gasteiger partial charge in [-0.2, -0.15) is 0 Å². The number of hydrogen-bond donors (Lipinski definition) is 0. The van der Waals surface area contributed by atoms with Crippen LogP contribution in [0.1, 0.15) is 33.6 Å². The fourth-order valence-corrected chi connectivity index (χ4v) is 1.94. The quantitative estimate of drug-likeness (QED) is 0.552. The van der Waals surface area contributed by atoms with Crippen molar-refractivity contribution in [1.82, 2.24) is 4.90 Å². The Hall–Kier alpha value is -1.50. The summed E-state index contributed by atoms with van der Waals surface area (Å²) in [6.07, 6.45) is 0.508. The number of ether oxygens (including phenoxy) is 2. The summed E-state index contributed by atoms with van der Waals surface area (Å²) in [4.78, 5) is 35.5. The zero-order valence-corrected chi connectivity index (χ0v) is 11.5. The maximum Gasteiger partial charge on any atom is 0.327 e. The van der Waals surface area contributed by atoms with Gasteiger partial charge in [0.2, 0.25) is 11.6 Å². The van der Waals surface area contributed by atoms with Crippen LogP contribution in [0.4, 0.5) is 0 Å². The molecule has 0 bridgehead atoms. The molecule has 1 amide bonds. The van der Waals surface area contributed by atoms with E-state index in [2.05, 4.69) is 5.18 Å². The molecule has 1 fully saturated rings. The lowest BCUT2D eigenvalue weighted by Crippen LogP contribution is -2.44. The topological polar surface area (TPSA) is 85.3 Å². The van der Waals surface area contributed by atoms with Gasteiger partial charge in [0.15, 0.2) is 0 Å². The van der Waals surface area contributed by atoms with Crippen molar-refractivity contribution in [2.75, 3.05) is 19.8 Å². The second kappa shape index (κ2) is 6.60. The van der Waals surface area contributed by atoms with Gasteiger partial charge < -0.3 is 14.4 Å². The first-order valence-electron chi connectivity index (χ1n) is 6.31. The number of carbonyl (C=O) groups is 2. The minimum absolute atomic E-state index is 0.111. The number of amides is 1. The average Bonchev–Trinajstić information content (AvgIpc) is 2.36. The lowest BCUT2D eigenvalue weighted by Gasteiger charge is -2.31. The number of nitrogens with zero attached hydrogens (tertiary/aromatic N) is 2. The Morgan fingerprint density at radius 2 is 1.95 bits per heavy atom. The molecule has 1 heterocycles. The third kappa shape index (κ3) is 4.27. The average molecular weight is 272 g/mol. The summed E-state index contributed by atoms with van der Waals surface area (Å²) in [5.41, 5.74) is -1.34. The standard InChI is InChI=1S/C12H20N2O5/c1-9(2)14(10(3)15)8-11(16)19-12(13-17)4-6-18-7-5-12/h9H,4-8H2,1-3H3. The van der Waals surface area contributed by atoms with E-state index in [4.69, 9.17) is 9.47 Å². The third-order valence-electron chi connectivity index (χ3n) is 3.07. The largest absolute Gasteiger partial charge is 0.432 e. The van der Waals surface area contributed by atoms with Crippen LogP contribution < -0.4 is 0 Å². The van der Waals surface area contributed by atoms with E-state index in [1.54, 1.807) is 13.8 Å². The molecule has 1 aliphatic rings. The molecule has 19 heavy (non-hydrogen) atoms. The molecule has 108 valence electrons. The summed E-state index contributed by atoms with van der Waals surface area (Å²) in [7, 11) is 0. The van der Waals surface area contributed by atoms with E-state index in [9.17, 15) is 14.5 Å². The number of carbonyl (C=O) groups excluding carboxylic acids is 2. The van der Waals surface area contributed by atoms with E-state index in [-0.39, 0.29) is 31.3 Å². The van der Waals surface area contributed by atoms with Crippen molar-refractivity contribution in [3.8, 4) is 0 Å². The Kier molecular flexibility index (Phi) is 5.41. The molecular weight excluding hydrogens is 252 g/mol. The Morgan fingerprint density at radius 3 is 2.37 bits per heavy atom. The van der Waals surface area contributed by atoms with E-state index in [1.807, 2.05) is 0 Å². The van der Waals surface area contributed by atoms with Crippen molar-refractivity contribution in [2.24, 2.45) is 5.18 Å². The van der Waals surface area contributed by atoms with Crippen LogP contribution in [0.5, 0.6) is 0 Å². The van der Waals surface area contributed by atoms with Crippen LogP contribution in [-0.4, -0.2) is 48.3 Å². The van der Waals surface area contributed by atoms with Gasteiger partial charge in [-0.05, 0) is 19.0 Å². The first-order valence-corrected chi connectivity index (χ1v) is 6.31. The van der Waals surface area contributed by atoms with Gasteiger partial charge in [0, 0.05) is 25.8 Å². The fraction of sp³-hybridized carbons (Fsp3) is 0.833. The highest BCUT2D eigenvalue weighted by atomic mass is 16.6. The molecule has 0 aromatic carbocycles. The summed E-state index contributed by atoms with van der Waals surface area (Å²) in [5.74, 6) is -0.836. The zero-order chi connectivity index (χ0) is 14.5. The molecule has 1 aliphatic heterocycles. The molecule has 1 rings (SSSR count). The fourth-order valence-electron chi connectivity index (χ4n) is 1.94. The molecule has 7 heteroatoms. The van der Waals surface area contributed by atoms with Crippen molar-refractivity contribution in [3.63, 3.8) is 0 Å². The van der Waals surface area contributed by atoms with Crippen LogP contribution >= 0.6 is 0 Å². The number of hydrogen-bond acceptors (Lipinski definition) is 6. The van der Waals surface area contributed by atoms with Gasteiger partial charge in [-0.25, -0.2) is 0 Å². The molecule has 0 aromatic rings. The first kappa shape index (κ1) is 15.6. The van der Waals surface area contributed by atoms with E-state index in [0.717, 1.165) is 0 Å². The summed E-state index contributed by atoms with van der Waals surface area (Å²) < 4.78 is 10.3. The minimum Gasteiger partial charge on any atom is -0.432 e. The van der Waals surface area contributed by atoms with E-state index in [0.29, 0.717) is 13.2 Å². The van der Waals surface area contributed by atoms with E-state index >= 15 is 0 Å². The molecule has 0 unspecified atom stereocenters. The maximum atomic E-state index is 11.8. The third-order valence-corrected chi connectivity index (χ3v) is 3.07. The van der Waals surface area contributed by atoms with Gasteiger partial charge in [-0.15, -0.1) is 4.91 Å². The molecule has 0 saturated carbocycles. The van der Waals surface area contributed by atoms with Crippen molar-refractivity contribution < 1.29 is 19.1 Å². The van der Waals surface area contributed by atoms with Crippen LogP contribution in [0.3, 0.4) is 0 Å². The smallest absolute Gasteiger partial charge is 0.327 e. The summed E-state index contributed by atoms with van der Waals surface area (Å²) >= 11 is 0. The lowest BCUT2D eigenvalue weighted by atomic mass is 10.1. The maximum absolute atomic E-state index is 11.8. The summed E-state index contributed by atoms with van der Waals surface area (Å²) in [6, 6.07) is -0.111. The first-order chi connectivity index (χ1) is 8.90. The molecular formula is C12H20N2O5. The van der Waals surface area contributed by atoms with Gasteiger partial charge in [0.25, 0.3) is 0 Å². The van der Waals surface area contributed by atoms with Gasteiger partial charge in [-0.1, -0.05) is 0 Å². The Morgan fingerprint density at radius 1 is 1.37 bits per heavy atom. The van der Waals surface area contributed by atoms with Gasteiger partial charge in [0.05, 0.1) is 13.2 Å². The normalized spacial score (nSPS) is 17.9. The molecule has 0 N–H and O–H groups in total. The van der Waals surface area contributed by atoms with Crippen LogP contribution in [0.25, 0.3) is 0 Å². The highest BCUT2D eigenvalue weighted by Gasteiger charge is 2.38. The van der Waals surface area contributed by atoms with Crippen LogP contribution in [0, 0.1) is 4.91 Å².